The highest BCUT2D eigenvalue weighted by molar-refractivity contribution is 5.27. The number of furan rings is 1. The van der Waals surface area contributed by atoms with E-state index in [4.69, 9.17) is 13.9 Å². The molecule has 24 heavy (non-hydrogen) atoms. The Kier molecular flexibility index (Phi) is 7.31. The first-order valence-corrected chi connectivity index (χ1v) is 8.23. The first-order valence-electron chi connectivity index (χ1n) is 8.23. The van der Waals surface area contributed by atoms with Gasteiger partial charge in [-0.2, -0.15) is 0 Å². The summed E-state index contributed by atoms with van der Waals surface area (Å²) in [6, 6.07) is 12.0. The summed E-state index contributed by atoms with van der Waals surface area (Å²) in [6.45, 7) is 6.25. The molecule has 0 fully saturated rings. The van der Waals surface area contributed by atoms with Crippen LogP contribution in [0.3, 0.4) is 0 Å². The van der Waals surface area contributed by atoms with Gasteiger partial charge in [0.15, 0.2) is 0 Å². The normalized spacial score (nSPS) is 12.8. The Labute approximate surface area is 143 Å². The maximum absolute atomic E-state index is 10.2. The summed E-state index contributed by atoms with van der Waals surface area (Å²) < 4.78 is 15.9. The molecule has 0 unspecified atom stereocenters. The molecule has 0 bridgehead atoms. The molecule has 0 aliphatic carbocycles. The fourth-order valence-corrected chi connectivity index (χ4v) is 2.44. The van der Waals surface area contributed by atoms with Crippen molar-refractivity contribution in [1.82, 2.24) is 4.90 Å². The van der Waals surface area contributed by atoms with Gasteiger partial charge in [0.2, 0.25) is 0 Å². The summed E-state index contributed by atoms with van der Waals surface area (Å²) >= 11 is 0. The Hall–Kier alpha value is -1.82. The molecule has 0 saturated heterocycles. The van der Waals surface area contributed by atoms with E-state index in [0.29, 0.717) is 19.2 Å². The Morgan fingerprint density at radius 2 is 1.92 bits per heavy atom. The molecule has 0 aliphatic heterocycles. The van der Waals surface area contributed by atoms with Crippen molar-refractivity contribution in [2.75, 3.05) is 20.3 Å². The molecule has 2 rings (SSSR count). The van der Waals surface area contributed by atoms with E-state index in [-0.39, 0.29) is 6.61 Å². The van der Waals surface area contributed by atoms with Crippen LogP contribution in [0.25, 0.3) is 0 Å². The van der Waals surface area contributed by atoms with Crippen molar-refractivity contribution in [2.45, 2.75) is 39.1 Å². The van der Waals surface area contributed by atoms with Crippen molar-refractivity contribution >= 4 is 0 Å². The third-order valence-electron chi connectivity index (χ3n) is 3.85. The Bertz CT molecular complexity index is 566. The molecule has 1 aromatic heterocycles. The highest BCUT2D eigenvalue weighted by Crippen LogP contribution is 2.15. The lowest BCUT2D eigenvalue weighted by atomic mass is 10.1. The van der Waals surface area contributed by atoms with E-state index in [0.717, 1.165) is 18.1 Å². The summed E-state index contributed by atoms with van der Waals surface area (Å²) in [4.78, 5) is 2.22. The minimum absolute atomic E-state index is 0.284. The van der Waals surface area contributed by atoms with Gasteiger partial charge >= 0.3 is 0 Å². The van der Waals surface area contributed by atoms with Crippen molar-refractivity contribution in [3.05, 3.63) is 54.0 Å². The fourth-order valence-electron chi connectivity index (χ4n) is 2.44. The van der Waals surface area contributed by atoms with Crippen LogP contribution >= 0.6 is 0 Å². The molecule has 1 N–H and O–H groups in total. The van der Waals surface area contributed by atoms with Crippen molar-refractivity contribution in [2.24, 2.45) is 0 Å². The lowest BCUT2D eigenvalue weighted by Crippen LogP contribution is -2.38. The van der Waals surface area contributed by atoms with Gasteiger partial charge in [-0.15, -0.1) is 0 Å². The van der Waals surface area contributed by atoms with Crippen LogP contribution < -0.4 is 4.74 Å². The summed E-state index contributed by atoms with van der Waals surface area (Å²) in [6.07, 6.45) is 1.07. The molecular weight excluding hydrogens is 306 g/mol. The second-order valence-corrected chi connectivity index (χ2v) is 6.12. The number of hydrogen-bond acceptors (Lipinski definition) is 5. The molecule has 0 amide bonds. The molecule has 0 aliphatic rings. The number of ether oxygens (including phenoxy) is 2. The Balaban J connectivity index is 1.80. The van der Waals surface area contributed by atoms with E-state index in [9.17, 15) is 5.11 Å². The minimum atomic E-state index is -0.541. The van der Waals surface area contributed by atoms with Crippen LogP contribution in [0.15, 0.2) is 47.1 Å². The summed E-state index contributed by atoms with van der Waals surface area (Å²) in [5.41, 5.74) is 1.19. The average Bonchev–Trinajstić information content (AvgIpc) is 3.08. The van der Waals surface area contributed by atoms with E-state index in [1.165, 1.54) is 5.56 Å². The van der Waals surface area contributed by atoms with E-state index < -0.39 is 6.10 Å². The number of benzene rings is 1. The minimum Gasteiger partial charge on any atom is -0.497 e. The van der Waals surface area contributed by atoms with Crippen LogP contribution in [-0.2, 0) is 17.9 Å². The van der Waals surface area contributed by atoms with Gasteiger partial charge in [0.25, 0.3) is 0 Å². The summed E-state index contributed by atoms with van der Waals surface area (Å²) in [5, 5.41) is 10.2. The summed E-state index contributed by atoms with van der Waals surface area (Å²) in [5.74, 6) is 1.61. The lowest BCUT2D eigenvalue weighted by molar-refractivity contribution is -0.00116. The lowest BCUT2D eigenvalue weighted by Gasteiger charge is -2.28. The monoisotopic (exact) mass is 333 g/mol. The fraction of sp³-hybridized carbons (Fsp3) is 0.474. The average molecular weight is 333 g/mol. The summed E-state index contributed by atoms with van der Waals surface area (Å²) in [7, 11) is 1.66. The van der Waals surface area contributed by atoms with Gasteiger partial charge in [-0.25, -0.2) is 0 Å². The van der Waals surface area contributed by atoms with E-state index in [2.05, 4.69) is 18.7 Å². The molecule has 0 saturated carbocycles. The van der Waals surface area contributed by atoms with Crippen molar-refractivity contribution in [3.8, 4) is 5.75 Å². The highest BCUT2D eigenvalue weighted by Gasteiger charge is 2.15. The standard InChI is InChI=1S/C19H27NO4/c1-15(2)20(11-16-6-8-18(22-3)9-7-16)12-17(21)13-23-14-19-5-4-10-24-19/h4-10,15,17,21H,11-14H2,1-3H3/t17-/m1/s1. The number of hydrogen-bond donors (Lipinski definition) is 1. The first kappa shape index (κ1) is 18.5. The molecule has 1 heterocycles. The largest absolute Gasteiger partial charge is 0.497 e. The molecular formula is C19H27NO4. The predicted molar refractivity (Wildman–Crippen MR) is 92.9 cm³/mol. The van der Waals surface area contributed by atoms with Crippen LogP contribution in [0.1, 0.15) is 25.2 Å². The van der Waals surface area contributed by atoms with E-state index in [1.54, 1.807) is 13.4 Å². The molecule has 1 aromatic carbocycles. The molecule has 0 spiro atoms. The Morgan fingerprint density at radius 3 is 2.50 bits per heavy atom. The van der Waals surface area contributed by atoms with Gasteiger partial charge in [0.1, 0.15) is 18.1 Å². The molecule has 1 atom stereocenters. The zero-order valence-electron chi connectivity index (χ0n) is 14.6. The number of nitrogens with zero attached hydrogens (tertiary/aromatic N) is 1. The molecule has 5 nitrogen and oxygen atoms in total. The number of rotatable bonds is 10. The number of aliphatic hydroxyl groups excluding tert-OH is 1. The Morgan fingerprint density at radius 1 is 1.17 bits per heavy atom. The van der Waals surface area contributed by atoms with Crippen LogP contribution in [0.4, 0.5) is 0 Å². The SMILES string of the molecule is COc1ccc(CN(C[C@@H](O)COCc2ccco2)C(C)C)cc1. The molecule has 2 aromatic rings. The quantitative estimate of drug-likeness (QED) is 0.724. The number of methoxy groups -OCH3 is 1. The third-order valence-corrected chi connectivity index (χ3v) is 3.85. The van der Waals surface area contributed by atoms with Gasteiger partial charge in [-0.3, -0.25) is 4.90 Å². The maximum atomic E-state index is 10.2. The van der Waals surface area contributed by atoms with Crippen LogP contribution in [0, 0.1) is 0 Å². The maximum Gasteiger partial charge on any atom is 0.129 e. The van der Waals surface area contributed by atoms with Crippen molar-refractivity contribution in [3.63, 3.8) is 0 Å². The van der Waals surface area contributed by atoms with E-state index >= 15 is 0 Å². The molecule has 132 valence electrons. The second-order valence-electron chi connectivity index (χ2n) is 6.12. The van der Waals surface area contributed by atoms with Gasteiger partial charge in [0, 0.05) is 19.1 Å². The van der Waals surface area contributed by atoms with E-state index in [1.807, 2.05) is 36.4 Å². The zero-order valence-corrected chi connectivity index (χ0v) is 14.6. The topological polar surface area (TPSA) is 55.1 Å². The second kappa shape index (κ2) is 9.47. The van der Waals surface area contributed by atoms with Gasteiger partial charge in [-0.05, 0) is 43.7 Å². The zero-order chi connectivity index (χ0) is 17.4. The van der Waals surface area contributed by atoms with Gasteiger partial charge in [-0.1, -0.05) is 12.1 Å². The predicted octanol–water partition coefficient (Wildman–Crippen LogP) is 3.08. The van der Waals surface area contributed by atoms with Crippen LogP contribution in [0.2, 0.25) is 0 Å². The van der Waals surface area contributed by atoms with Crippen molar-refractivity contribution in [1.29, 1.82) is 0 Å². The van der Waals surface area contributed by atoms with Crippen LogP contribution in [0.5, 0.6) is 5.75 Å². The smallest absolute Gasteiger partial charge is 0.129 e. The van der Waals surface area contributed by atoms with Gasteiger partial charge in [0.05, 0.1) is 26.1 Å². The van der Waals surface area contributed by atoms with Gasteiger partial charge < -0.3 is 19.0 Å². The molecule has 0 radical (unpaired) electrons. The van der Waals surface area contributed by atoms with Crippen molar-refractivity contribution < 1.29 is 19.0 Å². The third kappa shape index (κ3) is 6.00. The first-order chi connectivity index (χ1) is 11.6. The van der Waals surface area contributed by atoms with Crippen LogP contribution in [-0.4, -0.2) is 42.4 Å². The number of aliphatic hydroxyl groups is 1. The highest BCUT2D eigenvalue weighted by atomic mass is 16.5. The molecule has 5 heteroatoms.